The zero-order valence-electron chi connectivity index (χ0n) is 23.4. The molecule has 0 saturated carbocycles. The van der Waals surface area contributed by atoms with Gasteiger partial charge in [-0.05, 0) is 63.0 Å². The van der Waals surface area contributed by atoms with Crippen molar-refractivity contribution in [2.24, 2.45) is 0 Å². The molecule has 6 nitrogen and oxygen atoms in total. The fourth-order valence-corrected chi connectivity index (χ4v) is 5.83. The molecule has 2 aliphatic heterocycles. The minimum Gasteiger partial charge on any atom is -0.363 e. The second kappa shape index (κ2) is 13.5. The fraction of sp³-hybridized carbons (Fsp3) is 0.500. The molecule has 200 valence electrons. The molecule has 6 heteroatoms. The van der Waals surface area contributed by atoms with E-state index < -0.39 is 0 Å². The van der Waals surface area contributed by atoms with Crippen LogP contribution in [0.5, 0.6) is 0 Å². The Balaban J connectivity index is 1.37. The second-order valence-electron chi connectivity index (χ2n) is 10.8. The molecule has 0 radical (unpaired) electrons. The van der Waals surface area contributed by atoms with Crippen molar-refractivity contribution in [2.45, 2.75) is 59.7 Å². The molecule has 2 aromatic carbocycles. The minimum absolute atomic E-state index is 0.194. The number of nitrogens with zero attached hydrogens (tertiary/aromatic N) is 6. The third-order valence-corrected chi connectivity index (χ3v) is 7.74. The highest BCUT2D eigenvalue weighted by atomic mass is 15.4. The van der Waals surface area contributed by atoms with Gasteiger partial charge in [0.05, 0.1) is 12.6 Å². The van der Waals surface area contributed by atoms with E-state index >= 15 is 0 Å². The first-order valence-electron chi connectivity index (χ1n) is 14.1. The lowest BCUT2D eigenvalue weighted by molar-refractivity contribution is 0.220. The van der Waals surface area contributed by atoms with Crippen molar-refractivity contribution in [1.29, 1.82) is 5.26 Å². The molecule has 0 spiro atoms. The summed E-state index contributed by atoms with van der Waals surface area (Å²) in [5, 5.41) is 9.73. The fourth-order valence-electron chi connectivity index (χ4n) is 5.83. The molecule has 0 N–H and O–H groups in total. The zero-order valence-corrected chi connectivity index (χ0v) is 23.4. The van der Waals surface area contributed by atoms with Crippen molar-refractivity contribution in [3.8, 4) is 6.07 Å². The summed E-state index contributed by atoms with van der Waals surface area (Å²) in [5.74, 6) is 0.791. The van der Waals surface area contributed by atoms with Crippen LogP contribution in [0.2, 0.25) is 0 Å². The topological polar surface area (TPSA) is 41.1 Å². The number of benzene rings is 2. The molecule has 0 amide bonds. The summed E-state index contributed by atoms with van der Waals surface area (Å²) in [6, 6.07) is 17.9. The summed E-state index contributed by atoms with van der Waals surface area (Å²) < 4.78 is 0. The van der Waals surface area contributed by atoms with Crippen molar-refractivity contribution in [1.82, 2.24) is 19.6 Å². The van der Waals surface area contributed by atoms with E-state index in [-0.39, 0.29) is 5.70 Å². The predicted molar refractivity (Wildman–Crippen MR) is 154 cm³/mol. The van der Waals surface area contributed by atoms with Crippen molar-refractivity contribution in [3.63, 3.8) is 0 Å². The highest BCUT2D eigenvalue weighted by Gasteiger charge is 2.28. The number of hydrogen-bond donors (Lipinski definition) is 0. The predicted octanol–water partition coefficient (Wildman–Crippen LogP) is 5.54. The number of likely N-dealkylation sites (N-methyl/N-ethyl adjacent to an activating group) is 1. The van der Waals surface area contributed by atoms with Crippen LogP contribution in [0.25, 0.3) is 4.85 Å². The van der Waals surface area contributed by atoms with Gasteiger partial charge in [-0.15, -0.1) is 0 Å². The van der Waals surface area contributed by atoms with Crippen LogP contribution in [0.4, 0.5) is 0 Å². The summed E-state index contributed by atoms with van der Waals surface area (Å²) in [6.45, 7) is 23.5. The van der Waals surface area contributed by atoms with Gasteiger partial charge in [0, 0.05) is 45.8 Å². The number of likely N-dealkylation sites (tertiary alicyclic amines) is 1. The molecule has 38 heavy (non-hydrogen) atoms. The van der Waals surface area contributed by atoms with E-state index in [1.165, 1.54) is 60.2 Å². The average Bonchev–Trinajstić information content (AvgIpc) is 3.30. The Bertz CT molecular complexity index is 1140. The summed E-state index contributed by atoms with van der Waals surface area (Å²) >= 11 is 0. The maximum absolute atomic E-state index is 9.73. The largest absolute Gasteiger partial charge is 0.363 e. The first kappa shape index (κ1) is 27.7. The monoisotopic (exact) mass is 510 g/mol. The smallest absolute Gasteiger partial charge is 0.300 e. The molecule has 0 aromatic heterocycles. The Labute approximate surface area is 229 Å². The first-order valence-corrected chi connectivity index (χ1v) is 14.1. The molecule has 0 aliphatic carbocycles. The number of rotatable bonds is 10. The van der Waals surface area contributed by atoms with Crippen molar-refractivity contribution < 1.29 is 0 Å². The van der Waals surface area contributed by atoms with E-state index in [0.29, 0.717) is 0 Å². The third kappa shape index (κ3) is 7.38. The van der Waals surface area contributed by atoms with Gasteiger partial charge in [0.2, 0.25) is 0 Å². The molecule has 2 heterocycles. The van der Waals surface area contributed by atoms with Gasteiger partial charge >= 0.3 is 5.70 Å². The van der Waals surface area contributed by atoms with E-state index in [9.17, 15) is 5.26 Å². The van der Waals surface area contributed by atoms with Crippen molar-refractivity contribution in [2.75, 3.05) is 45.8 Å². The van der Waals surface area contributed by atoms with Gasteiger partial charge in [-0.1, -0.05) is 66.9 Å². The number of nitriles is 1. The number of aryl methyl sites for hydroxylation is 2. The van der Waals surface area contributed by atoms with E-state index in [1.807, 2.05) is 0 Å². The lowest BCUT2D eigenvalue weighted by Gasteiger charge is -2.29. The molecule has 2 fully saturated rings. The van der Waals surface area contributed by atoms with Crippen LogP contribution in [-0.4, -0.2) is 65.4 Å². The quantitative estimate of drug-likeness (QED) is 0.310. The lowest BCUT2D eigenvalue weighted by atomic mass is 10.1. The number of allylic oxidation sites excluding steroid dienone is 1. The Hall–Kier alpha value is -3.32. The molecule has 0 unspecified atom stereocenters. The van der Waals surface area contributed by atoms with Crippen LogP contribution >= 0.6 is 0 Å². The van der Waals surface area contributed by atoms with Gasteiger partial charge < -0.3 is 9.80 Å². The van der Waals surface area contributed by atoms with Gasteiger partial charge in [-0.2, -0.15) is 0 Å². The average molecular weight is 511 g/mol. The minimum atomic E-state index is 0.194. The van der Waals surface area contributed by atoms with Gasteiger partial charge in [0.15, 0.2) is 0 Å². The zero-order chi connectivity index (χ0) is 26.9. The summed E-state index contributed by atoms with van der Waals surface area (Å²) in [7, 11) is 0. The van der Waals surface area contributed by atoms with E-state index in [2.05, 4.69) is 93.7 Å². The van der Waals surface area contributed by atoms with Gasteiger partial charge in [0.1, 0.15) is 5.82 Å². The highest BCUT2D eigenvalue weighted by Crippen LogP contribution is 2.26. The molecule has 2 aliphatic rings. The normalized spacial score (nSPS) is 17.5. The Morgan fingerprint density at radius 1 is 0.895 bits per heavy atom. The molecule has 0 bridgehead atoms. The third-order valence-electron chi connectivity index (χ3n) is 7.74. The molecule has 0 atom stereocenters. The van der Waals surface area contributed by atoms with E-state index in [1.54, 1.807) is 0 Å². The molecular weight excluding hydrogens is 468 g/mol. The molecule has 2 saturated heterocycles. The van der Waals surface area contributed by atoms with Crippen LogP contribution in [0, 0.1) is 31.8 Å². The van der Waals surface area contributed by atoms with E-state index in [4.69, 9.17) is 6.57 Å². The van der Waals surface area contributed by atoms with Gasteiger partial charge in [-0.3, -0.25) is 9.80 Å². The number of hydrogen-bond acceptors (Lipinski definition) is 5. The van der Waals surface area contributed by atoms with E-state index in [0.717, 1.165) is 58.2 Å². The summed E-state index contributed by atoms with van der Waals surface area (Å²) in [4.78, 5) is 13.1. The van der Waals surface area contributed by atoms with Crippen LogP contribution in [0.15, 0.2) is 54.0 Å². The summed E-state index contributed by atoms with van der Waals surface area (Å²) in [6.07, 6.45) is 4.02. The van der Waals surface area contributed by atoms with Crippen molar-refractivity contribution >= 4 is 0 Å². The van der Waals surface area contributed by atoms with Gasteiger partial charge in [-0.25, -0.2) is 10.1 Å². The second-order valence-corrected chi connectivity index (χ2v) is 10.8. The van der Waals surface area contributed by atoms with Crippen LogP contribution in [0.1, 0.15) is 54.0 Å². The van der Waals surface area contributed by atoms with Crippen LogP contribution in [0.3, 0.4) is 0 Å². The lowest BCUT2D eigenvalue weighted by Crippen LogP contribution is -2.34. The van der Waals surface area contributed by atoms with Crippen molar-refractivity contribution in [3.05, 3.63) is 93.2 Å². The highest BCUT2D eigenvalue weighted by molar-refractivity contribution is 5.35. The number of piperidine rings is 1. The molecule has 2 aromatic rings. The van der Waals surface area contributed by atoms with Crippen LogP contribution < -0.4 is 0 Å². The van der Waals surface area contributed by atoms with Gasteiger partial charge in [0.25, 0.3) is 0 Å². The Kier molecular flexibility index (Phi) is 9.82. The molecule has 4 rings (SSSR count). The maximum Gasteiger partial charge on any atom is 0.300 e. The van der Waals surface area contributed by atoms with Crippen LogP contribution in [-0.2, 0) is 19.6 Å². The standard InChI is InChI=1S/C32H42N6/c1-5-35(23-28-9-11-29(12-10-28)24-36-13-7-6-8-14-36)15-16-37-17-18-38(32(37)31(22-33)34-4)25-30-20-26(2)19-27(3)21-30/h9-12,19-21H,5-8,13-18,23-25H2,1-3H3/b32-31+. The SMILES string of the molecule is [C-]#[N+]/C(C#N)=C1\N(CCN(CC)Cc2ccc(CN3CCCCC3)cc2)CCN1Cc1cc(C)cc(C)c1. The Morgan fingerprint density at radius 3 is 2.18 bits per heavy atom. The first-order chi connectivity index (χ1) is 18.5. The Morgan fingerprint density at radius 2 is 1.55 bits per heavy atom. The maximum atomic E-state index is 9.73. The summed E-state index contributed by atoms with van der Waals surface area (Å²) in [5.41, 5.74) is 6.64. The molecular formula is C32H42N6.